The van der Waals surface area contributed by atoms with E-state index < -0.39 is 0 Å². The Hall–Kier alpha value is -2.49. The van der Waals surface area contributed by atoms with Gasteiger partial charge in [0.15, 0.2) is 0 Å². The first-order chi connectivity index (χ1) is 9.04. The van der Waals surface area contributed by atoms with Crippen LogP contribution in [-0.4, -0.2) is 11.1 Å². The minimum Gasteiger partial charge on any atom is -0.506 e. The molecule has 2 aromatic carbocycles. The van der Waals surface area contributed by atoms with E-state index in [-0.39, 0.29) is 11.8 Å². The van der Waals surface area contributed by atoms with E-state index in [9.17, 15) is 9.90 Å². The third-order valence-electron chi connectivity index (χ3n) is 2.71. The van der Waals surface area contributed by atoms with Crippen molar-refractivity contribution in [2.24, 2.45) is 0 Å². The number of urea groups is 1. The van der Waals surface area contributed by atoms with Crippen molar-refractivity contribution < 1.29 is 9.90 Å². The van der Waals surface area contributed by atoms with Gasteiger partial charge in [0.25, 0.3) is 0 Å². The summed E-state index contributed by atoms with van der Waals surface area (Å²) in [5.41, 5.74) is 3.19. The summed E-state index contributed by atoms with van der Waals surface area (Å²) in [5.74, 6) is 0.0460. The van der Waals surface area contributed by atoms with Gasteiger partial charge in [0.05, 0.1) is 5.69 Å². The van der Waals surface area contributed by atoms with Gasteiger partial charge in [-0.25, -0.2) is 4.79 Å². The maximum atomic E-state index is 11.8. The van der Waals surface area contributed by atoms with Gasteiger partial charge in [-0.15, -0.1) is 0 Å². The summed E-state index contributed by atoms with van der Waals surface area (Å²) in [7, 11) is 0. The number of anilines is 2. The number of phenols is 1. The number of amides is 2. The molecule has 0 spiro atoms. The number of hydrogen-bond donors (Lipinski definition) is 3. The van der Waals surface area contributed by atoms with E-state index in [4.69, 9.17) is 0 Å². The standard InChI is InChI=1S/C15H16N2O2/c1-10-3-6-12(7-4-10)16-15(19)17-13-9-11(2)5-8-14(13)18/h3-9,18H,1-2H3,(H2,16,17,19). The lowest BCUT2D eigenvalue weighted by Crippen LogP contribution is -2.19. The Morgan fingerprint density at radius 1 is 0.947 bits per heavy atom. The number of nitrogens with one attached hydrogen (secondary N) is 2. The van der Waals surface area contributed by atoms with Crippen LogP contribution in [-0.2, 0) is 0 Å². The molecule has 0 aromatic heterocycles. The Labute approximate surface area is 112 Å². The molecule has 0 bridgehead atoms. The molecule has 0 fully saturated rings. The Balaban J connectivity index is 2.05. The van der Waals surface area contributed by atoms with Crippen molar-refractivity contribution in [3.63, 3.8) is 0 Å². The first-order valence-corrected chi connectivity index (χ1v) is 5.99. The predicted octanol–water partition coefficient (Wildman–Crippen LogP) is 3.65. The molecule has 0 aliphatic heterocycles. The van der Waals surface area contributed by atoms with Gasteiger partial charge >= 0.3 is 6.03 Å². The summed E-state index contributed by atoms with van der Waals surface area (Å²) < 4.78 is 0. The topological polar surface area (TPSA) is 61.4 Å². The van der Waals surface area contributed by atoms with Crippen molar-refractivity contribution >= 4 is 17.4 Å². The van der Waals surface area contributed by atoms with Crippen LogP contribution in [0.25, 0.3) is 0 Å². The second-order valence-electron chi connectivity index (χ2n) is 4.47. The van der Waals surface area contributed by atoms with E-state index in [1.54, 1.807) is 18.2 Å². The maximum absolute atomic E-state index is 11.8. The molecule has 2 aromatic rings. The highest BCUT2D eigenvalue weighted by Crippen LogP contribution is 2.24. The van der Waals surface area contributed by atoms with Crippen LogP contribution in [0, 0.1) is 13.8 Å². The second kappa shape index (κ2) is 5.44. The van der Waals surface area contributed by atoms with Gasteiger partial charge in [-0.05, 0) is 43.7 Å². The highest BCUT2D eigenvalue weighted by Gasteiger charge is 2.06. The molecule has 4 nitrogen and oxygen atoms in total. The van der Waals surface area contributed by atoms with Crippen molar-refractivity contribution in [1.29, 1.82) is 0 Å². The summed E-state index contributed by atoms with van der Waals surface area (Å²) in [4.78, 5) is 11.8. The quantitative estimate of drug-likeness (QED) is 0.718. The Kier molecular flexibility index (Phi) is 3.71. The SMILES string of the molecule is Cc1ccc(NC(=O)Nc2cc(C)ccc2O)cc1. The predicted molar refractivity (Wildman–Crippen MR) is 76.7 cm³/mol. The largest absolute Gasteiger partial charge is 0.506 e. The molecule has 0 unspecified atom stereocenters. The van der Waals surface area contributed by atoms with Crippen LogP contribution in [0.5, 0.6) is 5.75 Å². The summed E-state index contributed by atoms with van der Waals surface area (Å²) >= 11 is 0. The third kappa shape index (κ3) is 3.48. The molecule has 0 radical (unpaired) electrons. The lowest BCUT2D eigenvalue weighted by atomic mass is 10.2. The van der Waals surface area contributed by atoms with E-state index >= 15 is 0 Å². The summed E-state index contributed by atoms with van der Waals surface area (Å²) in [6, 6.07) is 12.1. The van der Waals surface area contributed by atoms with E-state index in [1.807, 2.05) is 38.1 Å². The molecule has 98 valence electrons. The van der Waals surface area contributed by atoms with Crippen LogP contribution >= 0.6 is 0 Å². The number of carbonyl (C=O) groups is 1. The maximum Gasteiger partial charge on any atom is 0.323 e. The number of hydrogen-bond acceptors (Lipinski definition) is 2. The molecular weight excluding hydrogens is 240 g/mol. The van der Waals surface area contributed by atoms with Crippen molar-refractivity contribution in [3.05, 3.63) is 53.6 Å². The zero-order chi connectivity index (χ0) is 13.8. The molecule has 4 heteroatoms. The number of carbonyl (C=O) groups excluding carboxylic acids is 1. The van der Waals surface area contributed by atoms with Crippen LogP contribution in [0.2, 0.25) is 0 Å². The zero-order valence-electron chi connectivity index (χ0n) is 10.9. The highest BCUT2D eigenvalue weighted by atomic mass is 16.3. The monoisotopic (exact) mass is 256 g/mol. The highest BCUT2D eigenvalue weighted by molar-refractivity contribution is 6.00. The normalized spacial score (nSPS) is 10.0. The molecule has 0 saturated carbocycles. The average Bonchev–Trinajstić information content (AvgIpc) is 2.37. The van der Waals surface area contributed by atoms with Crippen molar-refractivity contribution in [1.82, 2.24) is 0 Å². The first kappa shape index (κ1) is 13.0. The molecule has 2 amide bonds. The van der Waals surface area contributed by atoms with E-state index in [2.05, 4.69) is 10.6 Å². The molecule has 0 aliphatic carbocycles. The number of aromatic hydroxyl groups is 1. The van der Waals surface area contributed by atoms with Crippen molar-refractivity contribution in [3.8, 4) is 5.75 Å². The van der Waals surface area contributed by atoms with E-state index in [0.29, 0.717) is 11.4 Å². The summed E-state index contributed by atoms with van der Waals surface area (Å²) in [6.07, 6.45) is 0. The number of rotatable bonds is 2. The average molecular weight is 256 g/mol. The van der Waals surface area contributed by atoms with E-state index in [1.165, 1.54) is 0 Å². The van der Waals surface area contributed by atoms with Gasteiger partial charge in [0, 0.05) is 5.69 Å². The second-order valence-corrected chi connectivity index (χ2v) is 4.47. The number of aryl methyl sites for hydroxylation is 2. The minimum atomic E-state index is -0.384. The van der Waals surface area contributed by atoms with Gasteiger partial charge in [-0.3, -0.25) is 0 Å². The Bertz CT molecular complexity index is 592. The fraction of sp³-hybridized carbons (Fsp3) is 0.133. The molecule has 2 rings (SSSR count). The van der Waals surface area contributed by atoms with Gasteiger partial charge in [-0.2, -0.15) is 0 Å². The van der Waals surface area contributed by atoms with Crippen molar-refractivity contribution in [2.45, 2.75) is 13.8 Å². The van der Waals surface area contributed by atoms with Crippen molar-refractivity contribution in [2.75, 3.05) is 10.6 Å². The smallest absolute Gasteiger partial charge is 0.323 e. The number of phenolic OH excluding ortho intramolecular Hbond substituents is 1. The van der Waals surface area contributed by atoms with E-state index in [0.717, 1.165) is 11.1 Å². The molecule has 0 aliphatic rings. The van der Waals surface area contributed by atoms with Gasteiger partial charge in [0.2, 0.25) is 0 Å². The lowest BCUT2D eigenvalue weighted by molar-refractivity contribution is 0.262. The van der Waals surface area contributed by atoms with Gasteiger partial charge < -0.3 is 15.7 Å². The van der Waals surface area contributed by atoms with Crippen LogP contribution in [0.4, 0.5) is 16.2 Å². The fourth-order valence-electron chi connectivity index (χ4n) is 1.67. The molecular formula is C15H16N2O2. The molecule has 0 heterocycles. The number of benzene rings is 2. The fourth-order valence-corrected chi connectivity index (χ4v) is 1.67. The molecule has 0 atom stereocenters. The van der Waals surface area contributed by atoms with Crippen LogP contribution in [0.1, 0.15) is 11.1 Å². The Morgan fingerprint density at radius 2 is 1.58 bits per heavy atom. The van der Waals surface area contributed by atoms with Crippen LogP contribution in [0.15, 0.2) is 42.5 Å². The third-order valence-corrected chi connectivity index (χ3v) is 2.71. The lowest BCUT2D eigenvalue weighted by Gasteiger charge is -2.09. The molecule has 0 saturated heterocycles. The molecule has 3 N–H and O–H groups in total. The minimum absolute atomic E-state index is 0.0460. The first-order valence-electron chi connectivity index (χ1n) is 5.99. The van der Waals surface area contributed by atoms with Crippen LogP contribution in [0.3, 0.4) is 0 Å². The van der Waals surface area contributed by atoms with Gasteiger partial charge in [-0.1, -0.05) is 23.8 Å². The van der Waals surface area contributed by atoms with Gasteiger partial charge in [0.1, 0.15) is 5.75 Å². The Morgan fingerprint density at radius 3 is 2.26 bits per heavy atom. The molecule has 19 heavy (non-hydrogen) atoms. The summed E-state index contributed by atoms with van der Waals surface area (Å²) in [6.45, 7) is 3.87. The zero-order valence-corrected chi connectivity index (χ0v) is 10.9. The van der Waals surface area contributed by atoms with Crippen LogP contribution < -0.4 is 10.6 Å². The summed E-state index contributed by atoms with van der Waals surface area (Å²) in [5, 5.41) is 15.0.